The van der Waals surface area contributed by atoms with Crippen molar-refractivity contribution in [1.82, 2.24) is 48.6 Å². The smallest absolute Gasteiger partial charge is 0.330 e. The van der Waals surface area contributed by atoms with Crippen LogP contribution in [0.1, 0.15) is 60.2 Å². The second kappa shape index (κ2) is 24.0. The highest BCUT2D eigenvalue weighted by Gasteiger charge is 2.47. The Balaban J connectivity index is 0.837. The number of aryl methyl sites for hydroxylation is 1. The standard InChI is InChI=1S/C51H56N12O15P2S2/c1-27-20-61(50(67)60-47(27)65)40-19-35(37(75-40)21-71-51(28-7-5-4-6-8-28,29-9-13-31(69-2)14-10-29)30-11-15-32(70-3)16-12-30)78-80(68,82)73-23-38-34(18-41(76-38)62-25-56-42-44(52)54-24-55-45(42)62)77-79(81)72-22-36-33(64)17-39(74-36)63-26-57-43-46(63)58-49(53)59-48(43)66/h4-16,20,24-26,33-41,64,81H,17-19,21-23H2,1-3H3,(H,68,82)(H2,52,54,55)(H,60,65,67)(H3,53,58,59,66)/t33?,34?,35?,36-,37-,38-,39-,40-,41-,79-,80?/m1/s1. The first-order valence-corrected chi connectivity index (χ1v) is 30.5. The summed E-state index contributed by atoms with van der Waals surface area (Å²) in [6.07, 6.45) is -2.54. The summed E-state index contributed by atoms with van der Waals surface area (Å²) in [5, 5.41) is 11.1. The summed E-state index contributed by atoms with van der Waals surface area (Å²) in [5.41, 5.74) is 12.2. The van der Waals surface area contributed by atoms with Gasteiger partial charge in [-0.1, -0.05) is 66.8 Å². The number of aliphatic hydroxyl groups excluding tert-OH is 1. The zero-order valence-electron chi connectivity index (χ0n) is 43.9. The average Bonchev–Trinajstić information content (AvgIpc) is 4.12. The Kier molecular flexibility index (Phi) is 16.8. The summed E-state index contributed by atoms with van der Waals surface area (Å²) < 4.78 is 67.0. The fourth-order valence-corrected chi connectivity index (χ4v) is 13.1. The molecular weight excluding hydrogens is 1150 g/mol. The molecule has 8 aromatic rings. The van der Waals surface area contributed by atoms with Crippen molar-refractivity contribution in [2.75, 3.05) is 45.5 Å². The van der Waals surface area contributed by atoms with Crippen LogP contribution in [0.15, 0.2) is 118 Å². The van der Waals surface area contributed by atoms with Crippen molar-refractivity contribution in [2.24, 2.45) is 0 Å². The number of fused-ring (bicyclic) bond motifs is 2. The van der Waals surface area contributed by atoms with Crippen molar-refractivity contribution >= 4 is 72.4 Å². The molecule has 0 radical (unpaired) electrons. The maximum Gasteiger partial charge on any atom is 0.330 e. The minimum atomic E-state index is -4.30. The summed E-state index contributed by atoms with van der Waals surface area (Å²) in [6.45, 7) is -3.49. The molecule has 8 N–H and O–H groups in total. The number of H-pyrrole nitrogens is 2. The number of nitrogens with zero attached hydrogens (tertiary/aromatic N) is 8. The van der Waals surface area contributed by atoms with Gasteiger partial charge in [-0.15, -0.1) is 0 Å². The Labute approximate surface area is 477 Å². The maximum absolute atomic E-state index is 13.4. The molecule has 31 heteroatoms. The fraction of sp³-hybridized carbons (Fsp3) is 0.373. The number of nitrogens with two attached hydrogens (primary N) is 2. The van der Waals surface area contributed by atoms with E-state index < -0.39 is 92.0 Å². The molecule has 3 aromatic carbocycles. The van der Waals surface area contributed by atoms with Crippen molar-refractivity contribution in [1.29, 1.82) is 0 Å². The highest BCUT2D eigenvalue weighted by Crippen LogP contribution is 2.53. The molecule has 8 heterocycles. The van der Waals surface area contributed by atoms with Crippen LogP contribution < -0.4 is 37.7 Å². The first-order chi connectivity index (χ1) is 39.5. The minimum Gasteiger partial charge on any atom is -0.497 e. The van der Waals surface area contributed by atoms with Crippen molar-refractivity contribution in [2.45, 2.75) is 87.1 Å². The summed E-state index contributed by atoms with van der Waals surface area (Å²) >= 11 is 10.4. The average molecular weight is 1200 g/mol. The van der Waals surface area contributed by atoms with Crippen molar-refractivity contribution in [3.63, 3.8) is 0 Å². The van der Waals surface area contributed by atoms with Crippen LogP contribution in [0.3, 0.4) is 0 Å². The molecule has 432 valence electrons. The van der Waals surface area contributed by atoms with Crippen LogP contribution in [0.25, 0.3) is 22.3 Å². The Morgan fingerprint density at radius 2 is 1.34 bits per heavy atom. The fourth-order valence-electron chi connectivity index (χ4n) is 10.3. The zero-order valence-corrected chi connectivity index (χ0v) is 47.4. The van der Waals surface area contributed by atoms with Gasteiger partial charge in [-0.25, -0.2) is 24.7 Å². The van der Waals surface area contributed by atoms with E-state index in [-0.39, 0.29) is 67.6 Å². The number of aliphatic hydroxyl groups is 1. The van der Waals surface area contributed by atoms with Crippen LogP contribution in [-0.4, -0.2) is 129 Å². The van der Waals surface area contributed by atoms with E-state index in [2.05, 4.69) is 47.1 Å². The van der Waals surface area contributed by atoms with Crippen LogP contribution in [0, 0.1) is 6.92 Å². The molecule has 3 aliphatic heterocycles. The number of benzene rings is 3. The number of imidazole rings is 2. The van der Waals surface area contributed by atoms with Crippen molar-refractivity contribution < 1.29 is 56.5 Å². The van der Waals surface area contributed by atoms with Gasteiger partial charge in [-0.3, -0.25) is 33.3 Å². The molecule has 0 amide bonds. The van der Waals surface area contributed by atoms with Gasteiger partial charge in [0.15, 0.2) is 22.6 Å². The third kappa shape index (κ3) is 11.7. The van der Waals surface area contributed by atoms with Gasteiger partial charge in [-0.2, -0.15) is 4.98 Å². The summed E-state index contributed by atoms with van der Waals surface area (Å²) in [4.78, 5) is 76.4. The molecule has 0 spiro atoms. The van der Waals surface area contributed by atoms with Crippen LogP contribution in [-0.2, 0) is 54.5 Å². The highest BCUT2D eigenvalue weighted by atomic mass is 32.7. The normalized spacial score (nSPS) is 24.0. The molecule has 3 saturated heterocycles. The van der Waals surface area contributed by atoms with E-state index in [1.807, 2.05) is 78.9 Å². The second-order valence-electron chi connectivity index (χ2n) is 19.4. The van der Waals surface area contributed by atoms with Gasteiger partial charge >= 0.3 is 12.4 Å². The van der Waals surface area contributed by atoms with Crippen molar-refractivity contribution in [3.05, 3.63) is 157 Å². The topological polar surface area (TPSA) is 347 Å². The van der Waals surface area contributed by atoms with E-state index in [0.717, 1.165) is 16.7 Å². The number of methoxy groups -OCH3 is 2. The number of anilines is 2. The molecule has 5 aromatic heterocycles. The number of thiol groups is 1. The third-order valence-electron chi connectivity index (χ3n) is 14.4. The Hall–Kier alpha value is -6.53. The van der Waals surface area contributed by atoms with Gasteiger partial charge in [0.05, 0.1) is 65.0 Å². The Bertz CT molecular complexity index is 3760. The third-order valence-corrected chi connectivity index (χ3v) is 17.4. The highest BCUT2D eigenvalue weighted by molar-refractivity contribution is 8.41. The number of aromatic nitrogens is 10. The van der Waals surface area contributed by atoms with E-state index in [4.69, 9.17) is 69.8 Å². The molecule has 82 heavy (non-hydrogen) atoms. The molecule has 11 atom stereocenters. The second-order valence-corrected chi connectivity index (χ2v) is 24.1. The van der Waals surface area contributed by atoms with Gasteiger partial charge in [0, 0.05) is 31.0 Å². The number of nitrogens with one attached hydrogen (secondary N) is 2. The van der Waals surface area contributed by atoms with Crippen LogP contribution in [0.2, 0.25) is 0 Å². The first kappa shape index (κ1) is 57.3. The number of ether oxygens (including phenoxy) is 6. The quantitative estimate of drug-likeness (QED) is 0.0298. The molecule has 0 saturated carbocycles. The molecule has 0 aliphatic carbocycles. The lowest BCUT2D eigenvalue weighted by atomic mass is 9.80. The lowest BCUT2D eigenvalue weighted by Crippen LogP contribution is -2.38. The minimum absolute atomic E-state index is 0.0523. The SMILES string of the molecule is COc1ccc(C(OC[C@H]2O[C@@H](n3cc(C)c(=O)[nH]c3=O)CC2OP(O)(=S)OC[C@H]2O[C@@H](n3cnc4c(N)ncnc43)CC2O[P@](S)OC[C@H]2O[C@@H](n3cnc4c(=O)[nH]c(N)nc43)CC2O)(c2ccccc2)c2ccc(OC)cc2)cc1. The van der Waals surface area contributed by atoms with E-state index in [1.54, 1.807) is 25.7 Å². The molecule has 27 nitrogen and oxygen atoms in total. The van der Waals surface area contributed by atoms with Gasteiger partial charge in [0.1, 0.15) is 65.9 Å². The Morgan fingerprint density at radius 1 is 0.744 bits per heavy atom. The van der Waals surface area contributed by atoms with Crippen LogP contribution in [0.5, 0.6) is 11.5 Å². The van der Waals surface area contributed by atoms with Crippen LogP contribution in [0.4, 0.5) is 11.8 Å². The number of hydrogen-bond donors (Lipinski definition) is 7. The predicted molar refractivity (Wildman–Crippen MR) is 302 cm³/mol. The van der Waals surface area contributed by atoms with Gasteiger partial charge in [0.2, 0.25) is 13.5 Å². The number of rotatable bonds is 21. The summed E-state index contributed by atoms with van der Waals surface area (Å²) in [7, 11) is 1.13. The molecule has 11 rings (SSSR count). The molecule has 4 unspecified atom stereocenters. The number of hydrogen-bond acceptors (Lipinski definition) is 23. The molecular formula is C51H56N12O15P2S2. The lowest BCUT2D eigenvalue weighted by Gasteiger charge is -2.37. The van der Waals surface area contributed by atoms with E-state index in [1.165, 1.54) is 34.3 Å². The predicted octanol–water partition coefficient (Wildman–Crippen LogP) is 4.41. The Morgan fingerprint density at radius 3 is 2.02 bits per heavy atom. The summed E-state index contributed by atoms with van der Waals surface area (Å²) in [6, 6.07) is 24.5. The number of nitrogen functional groups attached to an aromatic ring is 2. The van der Waals surface area contributed by atoms with Crippen molar-refractivity contribution in [3.8, 4) is 11.5 Å². The largest absolute Gasteiger partial charge is 0.497 e. The molecule has 0 bridgehead atoms. The zero-order chi connectivity index (χ0) is 57.5. The summed E-state index contributed by atoms with van der Waals surface area (Å²) in [5.74, 6) is 1.29. The first-order valence-electron chi connectivity index (χ1n) is 25.6. The van der Waals surface area contributed by atoms with Gasteiger partial charge < -0.3 is 68.0 Å². The van der Waals surface area contributed by atoms with Gasteiger partial charge in [-0.05, 0) is 59.7 Å². The maximum atomic E-state index is 13.4. The number of aromatic amines is 2. The lowest BCUT2D eigenvalue weighted by molar-refractivity contribution is -0.0935. The van der Waals surface area contributed by atoms with E-state index in [0.29, 0.717) is 22.7 Å². The van der Waals surface area contributed by atoms with Gasteiger partial charge in [0.25, 0.3) is 11.1 Å². The molecule has 3 aliphatic rings. The van der Waals surface area contributed by atoms with E-state index in [9.17, 15) is 24.4 Å². The molecule has 3 fully saturated rings. The van der Waals surface area contributed by atoms with Crippen LogP contribution >= 0.6 is 26.5 Å². The van der Waals surface area contributed by atoms with E-state index >= 15 is 0 Å². The monoisotopic (exact) mass is 1200 g/mol.